The fraction of sp³-hybridized carbons (Fsp3) is 0.421. The summed E-state index contributed by atoms with van der Waals surface area (Å²) < 4.78 is 0. The largest absolute Gasteiger partial charge is 0.480 e. The number of nitrogens with one attached hydrogen (secondary N) is 1. The Bertz CT molecular complexity index is 852. The van der Waals surface area contributed by atoms with Gasteiger partial charge in [-0.05, 0) is 38.8 Å². The van der Waals surface area contributed by atoms with E-state index in [1.165, 1.54) is 0 Å². The van der Waals surface area contributed by atoms with Crippen molar-refractivity contribution in [1.82, 2.24) is 14.9 Å². The molecule has 25 heavy (non-hydrogen) atoms. The lowest BCUT2D eigenvalue weighted by Crippen LogP contribution is -2.44. The van der Waals surface area contributed by atoms with Crippen molar-refractivity contribution in [3.05, 3.63) is 51.9 Å². The minimum atomic E-state index is -0.788. The summed E-state index contributed by atoms with van der Waals surface area (Å²) in [5.41, 5.74) is 2.54. The molecule has 6 heteroatoms. The average molecular weight is 339 g/mol. The zero-order chi connectivity index (χ0) is 17.4. The van der Waals surface area contributed by atoms with Crippen molar-refractivity contribution in [2.45, 2.75) is 31.1 Å². The van der Waals surface area contributed by atoms with Gasteiger partial charge < -0.3 is 10.1 Å². The van der Waals surface area contributed by atoms with E-state index in [-0.39, 0.29) is 17.5 Å². The van der Waals surface area contributed by atoms with Gasteiger partial charge in [-0.15, -0.1) is 0 Å². The predicted molar refractivity (Wildman–Crippen MR) is 93.6 cm³/mol. The van der Waals surface area contributed by atoms with E-state index in [2.05, 4.69) is 4.98 Å². The standard InChI is InChI=1S/C19H21N3O3/c23-15(24)12-22-10-8-19(9-11-22)7-6-14-16(19)20-17(21-18(14)25)13-4-2-1-3-5-13/h1-5H,6-12H2,(H,23,24)(H,20,21,25). The quantitative estimate of drug-likeness (QED) is 0.890. The number of aromatic amines is 1. The molecule has 0 radical (unpaired) electrons. The maximum atomic E-state index is 12.6. The molecule has 0 saturated carbocycles. The second kappa shape index (κ2) is 6.11. The molecule has 2 heterocycles. The van der Waals surface area contributed by atoms with Crippen LogP contribution in [0.5, 0.6) is 0 Å². The first-order chi connectivity index (χ1) is 12.1. The number of piperidine rings is 1. The van der Waals surface area contributed by atoms with Gasteiger partial charge in [-0.1, -0.05) is 30.3 Å². The molecule has 1 aromatic heterocycles. The first-order valence-electron chi connectivity index (χ1n) is 8.71. The lowest BCUT2D eigenvalue weighted by molar-refractivity contribution is -0.138. The van der Waals surface area contributed by atoms with Gasteiger partial charge >= 0.3 is 5.97 Å². The Kier molecular flexibility index (Phi) is 3.92. The number of rotatable bonds is 3. The van der Waals surface area contributed by atoms with E-state index in [0.29, 0.717) is 5.82 Å². The van der Waals surface area contributed by atoms with Gasteiger partial charge in [0.1, 0.15) is 5.82 Å². The Hall–Kier alpha value is -2.47. The molecule has 1 aromatic carbocycles. The molecule has 0 bridgehead atoms. The molecular formula is C19H21N3O3. The van der Waals surface area contributed by atoms with Crippen LogP contribution in [0.15, 0.2) is 35.1 Å². The molecule has 1 spiro atoms. The summed E-state index contributed by atoms with van der Waals surface area (Å²) in [6, 6.07) is 9.70. The number of benzene rings is 1. The highest BCUT2D eigenvalue weighted by Crippen LogP contribution is 2.44. The number of fused-ring (bicyclic) bond motifs is 2. The number of likely N-dealkylation sites (tertiary alicyclic amines) is 1. The summed E-state index contributed by atoms with van der Waals surface area (Å²) in [5.74, 6) is -0.165. The summed E-state index contributed by atoms with van der Waals surface area (Å²) in [5, 5.41) is 8.98. The number of H-pyrrole nitrogens is 1. The van der Waals surface area contributed by atoms with Crippen LogP contribution in [-0.2, 0) is 16.6 Å². The molecule has 2 aliphatic rings. The van der Waals surface area contributed by atoms with Crippen LogP contribution in [0.1, 0.15) is 30.5 Å². The topological polar surface area (TPSA) is 86.3 Å². The van der Waals surface area contributed by atoms with Crippen LogP contribution in [0, 0.1) is 0 Å². The van der Waals surface area contributed by atoms with Gasteiger partial charge in [0.2, 0.25) is 0 Å². The number of hydrogen-bond acceptors (Lipinski definition) is 4. The molecule has 1 aliphatic carbocycles. The Balaban J connectivity index is 1.67. The number of nitrogens with zero attached hydrogens (tertiary/aromatic N) is 2. The van der Waals surface area contributed by atoms with Gasteiger partial charge in [0.05, 0.1) is 12.2 Å². The van der Waals surface area contributed by atoms with E-state index in [1.54, 1.807) is 0 Å². The lowest BCUT2D eigenvalue weighted by atomic mass is 9.76. The molecule has 130 valence electrons. The van der Waals surface area contributed by atoms with Crippen molar-refractivity contribution in [3.8, 4) is 11.4 Å². The first-order valence-corrected chi connectivity index (χ1v) is 8.71. The highest BCUT2D eigenvalue weighted by molar-refractivity contribution is 5.69. The minimum Gasteiger partial charge on any atom is -0.480 e. The van der Waals surface area contributed by atoms with Crippen molar-refractivity contribution in [2.24, 2.45) is 0 Å². The fourth-order valence-electron chi connectivity index (χ4n) is 4.20. The summed E-state index contributed by atoms with van der Waals surface area (Å²) in [6.07, 6.45) is 3.40. The Morgan fingerprint density at radius 2 is 1.92 bits per heavy atom. The molecule has 2 N–H and O–H groups in total. The Morgan fingerprint density at radius 1 is 1.20 bits per heavy atom. The van der Waals surface area contributed by atoms with E-state index < -0.39 is 5.97 Å². The zero-order valence-corrected chi connectivity index (χ0v) is 14.0. The summed E-state index contributed by atoms with van der Waals surface area (Å²) in [6.45, 7) is 1.56. The zero-order valence-electron chi connectivity index (χ0n) is 14.0. The van der Waals surface area contributed by atoms with Gasteiger partial charge in [-0.25, -0.2) is 4.98 Å². The van der Waals surface area contributed by atoms with Crippen molar-refractivity contribution in [3.63, 3.8) is 0 Å². The van der Waals surface area contributed by atoms with Gasteiger partial charge in [0.25, 0.3) is 5.56 Å². The summed E-state index contributed by atoms with van der Waals surface area (Å²) >= 11 is 0. The van der Waals surface area contributed by atoms with Gasteiger partial charge in [0, 0.05) is 16.5 Å². The van der Waals surface area contributed by atoms with Crippen LogP contribution in [0.3, 0.4) is 0 Å². The maximum absolute atomic E-state index is 12.6. The van der Waals surface area contributed by atoms with Crippen LogP contribution in [0.25, 0.3) is 11.4 Å². The molecule has 6 nitrogen and oxygen atoms in total. The molecule has 0 unspecified atom stereocenters. The third-order valence-electron chi connectivity index (χ3n) is 5.59. The van der Waals surface area contributed by atoms with Crippen molar-refractivity contribution in [2.75, 3.05) is 19.6 Å². The van der Waals surface area contributed by atoms with E-state index >= 15 is 0 Å². The molecule has 0 amide bonds. The molecule has 4 rings (SSSR count). The molecule has 0 atom stereocenters. The van der Waals surface area contributed by atoms with E-state index in [1.807, 2.05) is 35.2 Å². The second-order valence-corrected chi connectivity index (χ2v) is 7.06. The van der Waals surface area contributed by atoms with Crippen LogP contribution in [0.4, 0.5) is 0 Å². The maximum Gasteiger partial charge on any atom is 0.317 e. The highest BCUT2D eigenvalue weighted by atomic mass is 16.4. The van der Waals surface area contributed by atoms with Crippen molar-refractivity contribution < 1.29 is 9.90 Å². The molecule has 2 aromatic rings. The van der Waals surface area contributed by atoms with E-state index in [9.17, 15) is 9.59 Å². The number of carboxylic acid groups (broad SMARTS) is 1. The number of hydrogen-bond donors (Lipinski definition) is 2. The van der Waals surface area contributed by atoms with Crippen LogP contribution in [-0.4, -0.2) is 45.6 Å². The highest BCUT2D eigenvalue weighted by Gasteiger charge is 2.44. The van der Waals surface area contributed by atoms with Crippen LogP contribution < -0.4 is 5.56 Å². The smallest absolute Gasteiger partial charge is 0.317 e. The minimum absolute atomic E-state index is 0.0336. The number of carboxylic acids is 1. The summed E-state index contributed by atoms with van der Waals surface area (Å²) in [4.78, 5) is 33.2. The van der Waals surface area contributed by atoms with Crippen LogP contribution >= 0.6 is 0 Å². The van der Waals surface area contributed by atoms with Crippen molar-refractivity contribution in [1.29, 1.82) is 0 Å². The van der Waals surface area contributed by atoms with Crippen LogP contribution in [0.2, 0.25) is 0 Å². The molecular weight excluding hydrogens is 318 g/mol. The third-order valence-corrected chi connectivity index (χ3v) is 5.59. The number of aromatic nitrogens is 2. The Morgan fingerprint density at radius 3 is 2.60 bits per heavy atom. The number of aliphatic carboxylic acids is 1. The first kappa shape index (κ1) is 16.0. The number of carbonyl (C=O) groups is 1. The predicted octanol–water partition coefficient (Wildman–Crippen LogP) is 1.80. The molecule has 1 fully saturated rings. The Labute approximate surface area is 145 Å². The third kappa shape index (κ3) is 2.87. The van der Waals surface area contributed by atoms with Gasteiger partial charge in [-0.2, -0.15) is 0 Å². The average Bonchev–Trinajstić information content (AvgIpc) is 2.97. The van der Waals surface area contributed by atoms with Gasteiger partial charge in [0.15, 0.2) is 0 Å². The summed E-state index contributed by atoms with van der Waals surface area (Å²) in [7, 11) is 0. The second-order valence-electron chi connectivity index (χ2n) is 7.06. The monoisotopic (exact) mass is 339 g/mol. The molecule has 1 saturated heterocycles. The van der Waals surface area contributed by atoms with E-state index in [0.717, 1.165) is 55.6 Å². The van der Waals surface area contributed by atoms with Gasteiger partial charge in [-0.3, -0.25) is 14.5 Å². The lowest BCUT2D eigenvalue weighted by Gasteiger charge is -2.38. The molecule has 1 aliphatic heterocycles. The van der Waals surface area contributed by atoms with Crippen molar-refractivity contribution >= 4 is 5.97 Å². The van der Waals surface area contributed by atoms with E-state index in [4.69, 9.17) is 10.1 Å². The normalized spacial score (nSPS) is 19.0. The fourth-order valence-corrected chi connectivity index (χ4v) is 4.20. The SMILES string of the molecule is O=C(O)CN1CCC2(CCc3c2nc(-c2ccccc2)[nH]c3=O)CC1.